The molecule has 0 rings (SSSR count). The molecule has 0 fully saturated rings. The molecule has 2 atom stereocenters. The van der Waals surface area contributed by atoms with Crippen LogP contribution < -0.4 is 5.73 Å². The molecule has 0 spiro atoms. The maximum Gasteiger partial charge on any atom is 0.323 e. The molecule has 0 saturated heterocycles. The first-order valence-electron chi connectivity index (χ1n) is 6.45. The van der Waals surface area contributed by atoms with E-state index in [0.717, 1.165) is 12.8 Å². The summed E-state index contributed by atoms with van der Waals surface area (Å²) in [5, 5.41) is 0. The van der Waals surface area contributed by atoms with Gasteiger partial charge >= 0.3 is 5.97 Å². The summed E-state index contributed by atoms with van der Waals surface area (Å²) in [6, 6.07) is -0.488. The predicted octanol–water partition coefficient (Wildman–Crippen LogP) is 2.87. The number of nitrogens with two attached hydrogens (primary N) is 1. The van der Waals surface area contributed by atoms with Gasteiger partial charge in [0.05, 0.1) is 6.10 Å². The van der Waals surface area contributed by atoms with Gasteiger partial charge in [-0.3, -0.25) is 4.79 Å². The Balaban J connectivity index is 3.69. The Bertz CT molecular complexity index is 192. The molecule has 3 nitrogen and oxygen atoms in total. The SMILES string of the molecule is CCCCCCC(C)OC(=O)[C@H](N)C(C)C. The maximum atomic E-state index is 11.5. The molecular formula is C13H27NO2. The third-order valence-corrected chi connectivity index (χ3v) is 2.77. The van der Waals surface area contributed by atoms with Crippen LogP contribution in [-0.2, 0) is 9.53 Å². The summed E-state index contributed by atoms with van der Waals surface area (Å²) in [5.74, 6) is -0.127. The third kappa shape index (κ3) is 6.83. The molecule has 0 amide bonds. The smallest absolute Gasteiger partial charge is 0.323 e. The Morgan fingerprint density at radius 2 is 1.81 bits per heavy atom. The normalized spacial score (nSPS) is 14.9. The van der Waals surface area contributed by atoms with Gasteiger partial charge in [0.25, 0.3) is 0 Å². The van der Waals surface area contributed by atoms with E-state index in [-0.39, 0.29) is 18.0 Å². The topological polar surface area (TPSA) is 52.3 Å². The van der Waals surface area contributed by atoms with Crippen LogP contribution in [0.15, 0.2) is 0 Å². The van der Waals surface area contributed by atoms with Gasteiger partial charge in [0.15, 0.2) is 0 Å². The fraction of sp³-hybridized carbons (Fsp3) is 0.923. The Hall–Kier alpha value is -0.570. The summed E-state index contributed by atoms with van der Waals surface area (Å²) < 4.78 is 5.29. The molecule has 96 valence electrons. The highest BCUT2D eigenvalue weighted by Gasteiger charge is 2.20. The minimum atomic E-state index is -0.488. The number of hydrogen-bond donors (Lipinski definition) is 1. The molecule has 16 heavy (non-hydrogen) atoms. The number of ether oxygens (including phenoxy) is 1. The zero-order valence-electron chi connectivity index (χ0n) is 11.2. The summed E-state index contributed by atoms with van der Waals surface area (Å²) >= 11 is 0. The van der Waals surface area contributed by atoms with E-state index in [1.165, 1.54) is 19.3 Å². The standard InChI is InChI=1S/C13H27NO2/c1-5-6-7-8-9-11(4)16-13(15)12(14)10(2)3/h10-12H,5-9,14H2,1-4H3/t11?,12-/m1/s1. The van der Waals surface area contributed by atoms with Crippen molar-refractivity contribution in [3.63, 3.8) is 0 Å². The quantitative estimate of drug-likeness (QED) is 0.514. The highest BCUT2D eigenvalue weighted by atomic mass is 16.5. The van der Waals surface area contributed by atoms with Crippen molar-refractivity contribution < 1.29 is 9.53 Å². The van der Waals surface area contributed by atoms with E-state index in [4.69, 9.17) is 10.5 Å². The van der Waals surface area contributed by atoms with Crippen LogP contribution in [0.2, 0.25) is 0 Å². The molecule has 0 aliphatic carbocycles. The van der Waals surface area contributed by atoms with Crippen LogP contribution in [0.3, 0.4) is 0 Å². The van der Waals surface area contributed by atoms with Gasteiger partial charge in [-0.25, -0.2) is 0 Å². The second kappa shape index (κ2) is 8.57. The highest BCUT2D eigenvalue weighted by Crippen LogP contribution is 2.10. The van der Waals surface area contributed by atoms with Crippen LogP contribution in [0.5, 0.6) is 0 Å². The summed E-state index contributed by atoms with van der Waals surface area (Å²) in [6.45, 7) is 7.98. The first-order chi connectivity index (χ1) is 7.49. The molecule has 0 aliphatic rings. The number of carbonyl (C=O) groups is 1. The van der Waals surface area contributed by atoms with Gasteiger partial charge in [0.1, 0.15) is 6.04 Å². The fourth-order valence-electron chi connectivity index (χ4n) is 1.47. The lowest BCUT2D eigenvalue weighted by atomic mass is 10.1. The minimum Gasteiger partial charge on any atom is -0.462 e. The lowest BCUT2D eigenvalue weighted by Gasteiger charge is -2.18. The van der Waals surface area contributed by atoms with Gasteiger partial charge in [0, 0.05) is 0 Å². The molecule has 3 heteroatoms. The van der Waals surface area contributed by atoms with Crippen LogP contribution >= 0.6 is 0 Å². The monoisotopic (exact) mass is 229 g/mol. The molecule has 0 saturated carbocycles. The second-order valence-corrected chi connectivity index (χ2v) is 4.87. The number of rotatable bonds is 8. The molecular weight excluding hydrogens is 202 g/mol. The van der Waals surface area contributed by atoms with Crippen molar-refractivity contribution in [3.05, 3.63) is 0 Å². The molecule has 2 N–H and O–H groups in total. The van der Waals surface area contributed by atoms with Crippen LogP contribution in [0.4, 0.5) is 0 Å². The fourth-order valence-corrected chi connectivity index (χ4v) is 1.47. The van der Waals surface area contributed by atoms with E-state index < -0.39 is 6.04 Å². The van der Waals surface area contributed by atoms with E-state index in [2.05, 4.69) is 6.92 Å². The van der Waals surface area contributed by atoms with E-state index in [1.54, 1.807) is 0 Å². The summed E-state index contributed by atoms with van der Waals surface area (Å²) in [6.07, 6.45) is 5.76. The van der Waals surface area contributed by atoms with Crippen LogP contribution in [0.1, 0.15) is 59.8 Å². The minimum absolute atomic E-state index is 0.00541. The zero-order valence-corrected chi connectivity index (χ0v) is 11.2. The first-order valence-corrected chi connectivity index (χ1v) is 6.45. The lowest BCUT2D eigenvalue weighted by Crippen LogP contribution is -2.38. The maximum absolute atomic E-state index is 11.5. The molecule has 0 aromatic heterocycles. The van der Waals surface area contributed by atoms with Crippen LogP contribution in [0.25, 0.3) is 0 Å². The Morgan fingerprint density at radius 1 is 1.19 bits per heavy atom. The van der Waals surface area contributed by atoms with Crippen LogP contribution in [-0.4, -0.2) is 18.1 Å². The second-order valence-electron chi connectivity index (χ2n) is 4.87. The first kappa shape index (κ1) is 15.4. The van der Waals surface area contributed by atoms with Gasteiger partial charge in [-0.05, 0) is 25.7 Å². The molecule has 1 unspecified atom stereocenters. The molecule has 0 aromatic rings. The lowest BCUT2D eigenvalue weighted by molar-refractivity contribution is -0.151. The predicted molar refractivity (Wildman–Crippen MR) is 67.1 cm³/mol. The highest BCUT2D eigenvalue weighted by molar-refractivity contribution is 5.75. The molecule has 0 aromatic carbocycles. The average Bonchev–Trinajstić information content (AvgIpc) is 2.23. The molecule has 0 heterocycles. The van der Waals surface area contributed by atoms with E-state index in [9.17, 15) is 4.79 Å². The largest absolute Gasteiger partial charge is 0.462 e. The van der Waals surface area contributed by atoms with Crippen molar-refractivity contribution >= 4 is 5.97 Å². The van der Waals surface area contributed by atoms with E-state index in [1.807, 2.05) is 20.8 Å². The van der Waals surface area contributed by atoms with Gasteiger partial charge < -0.3 is 10.5 Å². The number of unbranched alkanes of at least 4 members (excludes halogenated alkanes) is 3. The van der Waals surface area contributed by atoms with E-state index in [0.29, 0.717) is 0 Å². The van der Waals surface area contributed by atoms with Gasteiger partial charge in [-0.1, -0.05) is 40.0 Å². The molecule has 0 aliphatic heterocycles. The number of carbonyl (C=O) groups excluding carboxylic acids is 1. The zero-order chi connectivity index (χ0) is 12.6. The summed E-state index contributed by atoms with van der Waals surface area (Å²) in [5.41, 5.74) is 5.71. The van der Waals surface area contributed by atoms with Gasteiger partial charge in [-0.15, -0.1) is 0 Å². The van der Waals surface area contributed by atoms with E-state index >= 15 is 0 Å². The summed E-state index contributed by atoms with van der Waals surface area (Å²) in [4.78, 5) is 11.5. The van der Waals surface area contributed by atoms with Crippen molar-refractivity contribution in [2.24, 2.45) is 11.7 Å². The third-order valence-electron chi connectivity index (χ3n) is 2.77. The van der Waals surface area contributed by atoms with Crippen molar-refractivity contribution in [2.45, 2.75) is 71.9 Å². The Morgan fingerprint density at radius 3 is 2.31 bits per heavy atom. The molecule has 0 radical (unpaired) electrons. The Labute approximate surface area is 99.7 Å². The number of hydrogen-bond acceptors (Lipinski definition) is 3. The van der Waals surface area contributed by atoms with Crippen molar-refractivity contribution in [3.8, 4) is 0 Å². The van der Waals surface area contributed by atoms with Crippen molar-refractivity contribution in [2.75, 3.05) is 0 Å². The van der Waals surface area contributed by atoms with Crippen LogP contribution in [0, 0.1) is 5.92 Å². The van der Waals surface area contributed by atoms with Gasteiger partial charge in [-0.2, -0.15) is 0 Å². The van der Waals surface area contributed by atoms with Crippen molar-refractivity contribution in [1.29, 1.82) is 0 Å². The average molecular weight is 229 g/mol. The number of esters is 1. The summed E-state index contributed by atoms with van der Waals surface area (Å²) in [7, 11) is 0. The Kier molecular flexibility index (Phi) is 8.26. The molecule has 0 bridgehead atoms. The van der Waals surface area contributed by atoms with Gasteiger partial charge in [0.2, 0.25) is 0 Å². The van der Waals surface area contributed by atoms with Crippen molar-refractivity contribution in [1.82, 2.24) is 0 Å².